The van der Waals surface area contributed by atoms with Gasteiger partial charge in [0.25, 0.3) is 5.91 Å². The second-order valence-corrected chi connectivity index (χ2v) is 6.73. The van der Waals surface area contributed by atoms with Crippen LogP contribution in [0.1, 0.15) is 21.5 Å². The summed E-state index contributed by atoms with van der Waals surface area (Å²) in [4.78, 5) is 24.1. The van der Waals surface area contributed by atoms with Gasteiger partial charge >= 0.3 is 6.09 Å². The summed E-state index contributed by atoms with van der Waals surface area (Å²) in [5.74, 6) is -0.199. The van der Waals surface area contributed by atoms with E-state index in [1.165, 1.54) is 0 Å². The third-order valence-electron chi connectivity index (χ3n) is 4.54. The third kappa shape index (κ3) is 6.18. The molecule has 0 heterocycles. The fraction of sp³-hybridized carbons (Fsp3) is 0.167. The van der Waals surface area contributed by atoms with Crippen molar-refractivity contribution in [3.63, 3.8) is 0 Å². The van der Waals surface area contributed by atoms with Crippen LogP contribution in [0.3, 0.4) is 0 Å². The average molecular weight is 403 g/mol. The molecule has 0 bridgehead atoms. The molecule has 0 aliphatic rings. The molecule has 0 aliphatic heterocycles. The van der Waals surface area contributed by atoms with Crippen LogP contribution in [-0.4, -0.2) is 25.1 Å². The van der Waals surface area contributed by atoms with Gasteiger partial charge in [0.1, 0.15) is 6.61 Å². The van der Waals surface area contributed by atoms with E-state index < -0.39 is 6.09 Å². The number of amides is 2. The number of alkyl carbamates (subject to hydrolysis) is 1. The van der Waals surface area contributed by atoms with Gasteiger partial charge in [0.05, 0.1) is 0 Å². The lowest BCUT2D eigenvalue weighted by Gasteiger charge is -2.09. The van der Waals surface area contributed by atoms with Gasteiger partial charge in [-0.2, -0.15) is 0 Å². The van der Waals surface area contributed by atoms with E-state index >= 15 is 0 Å². The second kappa shape index (κ2) is 10.8. The summed E-state index contributed by atoms with van der Waals surface area (Å²) in [6, 6.07) is 24.8. The van der Waals surface area contributed by atoms with Crippen LogP contribution in [0, 0.1) is 0 Å². The Balaban J connectivity index is 1.44. The van der Waals surface area contributed by atoms with Crippen molar-refractivity contribution in [3.05, 3.63) is 95.6 Å². The number of hydrogen-bond acceptors (Lipinski definition) is 4. The number of nitrogens with two attached hydrogens (primary N) is 1. The van der Waals surface area contributed by atoms with Gasteiger partial charge in [0.15, 0.2) is 0 Å². The van der Waals surface area contributed by atoms with Crippen LogP contribution >= 0.6 is 0 Å². The molecule has 3 aromatic carbocycles. The van der Waals surface area contributed by atoms with E-state index in [1.807, 2.05) is 72.8 Å². The molecule has 0 fully saturated rings. The third-order valence-corrected chi connectivity index (χ3v) is 4.54. The smallest absolute Gasteiger partial charge is 0.407 e. The summed E-state index contributed by atoms with van der Waals surface area (Å²) >= 11 is 0. The Hall–Kier alpha value is -3.64. The van der Waals surface area contributed by atoms with Gasteiger partial charge < -0.3 is 21.1 Å². The topological polar surface area (TPSA) is 93.5 Å². The van der Waals surface area contributed by atoms with Gasteiger partial charge in [-0.1, -0.05) is 66.7 Å². The second-order valence-electron chi connectivity index (χ2n) is 6.73. The Bertz CT molecular complexity index is 973. The molecule has 0 saturated heterocycles. The van der Waals surface area contributed by atoms with Crippen LogP contribution in [0.4, 0.5) is 4.79 Å². The summed E-state index contributed by atoms with van der Waals surface area (Å²) in [6.07, 6.45) is -0.518. The van der Waals surface area contributed by atoms with Gasteiger partial charge in [-0.05, 0) is 34.4 Å². The molecule has 154 valence electrons. The highest BCUT2D eigenvalue weighted by molar-refractivity contribution is 5.95. The summed E-state index contributed by atoms with van der Waals surface area (Å²) in [7, 11) is 0. The minimum Gasteiger partial charge on any atom is -0.445 e. The molecule has 3 rings (SSSR count). The number of carbonyl (C=O) groups excluding carboxylic acids is 2. The minimum absolute atomic E-state index is 0.199. The van der Waals surface area contributed by atoms with Crippen molar-refractivity contribution < 1.29 is 14.3 Å². The van der Waals surface area contributed by atoms with Crippen LogP contribution in [0.25, 0.3) is 11.1 Å². The van der Waals surface area contributed by atoms with Crippen LogP contribution in [0.2, 0.25) is 0 Å². The van der Waals surface area contributed by atoms with Crippen molar-refractivity contribution in [3.8, 4) is 11.1 Å². The fourth-order valence-electron chi connectivity index (χ4n) is 2.89. The fourth-order valence-corrected chi connectivity index (χ4v) is 2.89. The maximum atomic E-state index is 12.4. The van der Waals surface area contributed by atoms with Crippen LogP contribution in [-0.2, 0) is 17.9 Å². The number of hydrogen-bond donors (Lipinski definition) is 3. The molecule has 4 N–H and O–H groups in total. The number of benzene rings is 3. The summed E-state index contributed by atoms with van der Waals surface area (Å²) in [5.41, 5.74) is 10.1. The standard InChI is InChI=1S/C24H25N3O3/c25-16-18-9-11-20(12-10-18)21-7-4-8-22(15-21)23(28)26-13-14-27-24(29)30-17-19-5-2-1-3-6-19/h1-12,15H,13-14,16-17,25H2,(H,26,28)(H,27,29). The summed E-state index contributed by atoms with van der Waals surface area (Å²) in [6.45, 7) is 1.28. The zero-order valence-electron chi connectivity index (χ0n) is 16.6. The van der Waals surface area contributed by atoms with Crippen molar-refractivity contribution in [2.24, 2.45) is 5.73 Å². The van der Waals surface area contributed by atoms with E-state index in [0.29, 0.717) is 18.7 Å². The lowest BCUT2D eigenvalue weighted by Crippen LogP contribution is -2.34. The van der Waals surface area contributed by atoms with Gasteiger partial charge in [-0.25, -0.2) is 4.79 Å². The number of rotatable bonds is 8. The molecule has 30 heavy (non-hydrogen) atoms. The first kappa shape index (κ1) is 21.1. The van der Waals surface area contributed by atoms with Crippen molar-refractivity contribution >= 4 is 12.0 Å². The van der Waals surface area contributed by atoms with E-state index in [-0.39, 0.29) is 19.1 Å². The Morgan fingerprint density at radius 1 is 0.767 bits per heavy atom. The summed E-state index contributed by atoms with van der Waals surface area (Å²) in [5, 5.41) is 5.42. The SMILES string of the molecule is NCc1ccc(-c2cccc(C(=O)NCCNC(=O)OCc3ccccc3)c2)cc1. The minimum atomic E-state index is -0.518. The molecule has 0 unspecified atom stereocenters. The lowest BCUT2D eigenvalue weighted by molar-refractivity contribution is 0.0951. The first-order valence-electron chi connectivity index (χ1n) is 9.78. The first-order chi connectivity index (χ1) is 14.7. The molecule has 6 heteroatoms. The highest BCUT2D eigenvalue weighted by Crippen LogP contribution is 2.21. The molecule has 0 spiro atoms. The van der Waals surface area contributed by atoms with E-state index in [4.69, 9.17) is 10.5 Å². The van der Waals surface area contributed by atoms with Gasteiger partial charge in [-0.15, -0.1) is 0 Å². The van der Waals surface area contributed by atoms with Crippen molar-refractivity contribution in [1.82, 2.24) is 10.6 Å². The number of nitrogens with one attached hydrogen (secondary N) is 2. The maximum absolute atomic E-state index is 12.4. The Morgan fingerprint density at radius 3 is 2.23 bits per heavy atom. The van der Waals surface area contributed by atoms with Gasteiger partial charge in [0, 0.05) is 25.2 Å². The molecule has 3 aromatic rings. The van der Waals surface area contributed by atoms with Gasteiger partial charge in [0.2, 0.25) is 0 Å². The normalized spacial score (nSPS) is 10.3. The molecule has 2 amide bonds. The number of ether oxygens (including phenoxy) is 1. The molecule has 0 saturated carbocycles. The van der Waals surface area contributed by atoms with Crippen LogP contribution in [0.5, 0.6) is 0 Å². The Kier molecular flexibility index (Phi) is 7.58. The Labute approximate surface area is 176 Å². The van der Waals surface area contributed by atoms with Crippen LogP contribution in [0.15, 0.2) is 78.9 Å². The maximum Gasteiger partial charge on any atom is 0.407 e. The van der Waals surface area contributed by atoms with E-state index in [1.54, 1.807) is 6.07 Å². The van der Waals surface area contributed by atoms with E-state index in [0.717, 1.165) is 22.3 Å². The molecule has 0 radical (unpaired) electrons. The van der Waals surface area contributed by atoms with E-state index in [9.17, 15) is 9.59 Å². The van der Waals surface area contributed by atoms with E-state index in [2.05, 4.69) is 10.6 Å². The zero-order valence-corrected chi connectivity index (χ0v) is 16.6. The van der Waals surface area contributed by atoms with Gasteiger partial charge in [-0.3, -0.25) is 4.79 Å². The molecule has 6 nitrogen and oxygen atoms in total. The predicted molar refractivity (Wildman–Crippen MR) is 117 cm³/mol. The zero-order chi connectivity index (χ0) is 21.2. The molecule has 0 aliphatic carbocycles. The monoisotopic (exact) mass is 403 g/mol. The largest absolute Gasteiger partial charge is 0.445 e. The molecule has 0 atom stereocenters. The highest BCUT2D eigenvalue weighted by atomic mass is 16.5. The molecule has 0 aromatic heterocycles. The molecular weight excluding hydrogens is 378 g/mol. The first-order valence-corrected chi connectivity index (χ1v) is 9.78. The lowest BCUT2D eigenvalue weighted by atomic mass is 10.0. The van der Waals surface area contributed by atoms with Crippen molar-refractivity contribution in [2.45, 2.75) is 13.2 Å². The average Bonchev–Trinajstić information content (AvgIpc) is 2.81. The molecular formula is C24H25N3O3. The summed E-state index contributed by atoms with van der Waals surface area (Å²) < 4.78 is 5.13. The van der Waals surface area contributed by atoms with Crippen molar-refractivity contribution in [1.29, 1.82) is 0 Å². The Morgan fingerprint density at radius 2 is 1.50 bits per heavy atom. The predicted octanol–water partition coefficient (Wildman–Crippen LogP) is 3.47. The van der Waals surface area contributed by atoms with Crippen LogP contribution < -0.4 is 16.4 Å². The number of carbonyl (C=O) groups is 2. The highest BCUT2D eigenvalue weighted by Gasteiger charge is 2.08. The van der Waals surface area contributed by atoms with Crippen molar-refractivity contribution in [2.75, 3.05) is 13.1 Å². The quantitative estimate of drug-likeness (QED) is 0.502.